The highest BCUT2D eigenvalue weighted by atomic mass is 16.5. The van der Waals surface area contributed by atoms with Gasteiger partial charge < -0.3 is 24.6 Å². The summed E-state index contributed by atoms with van der Waals surface area (Å²) in [4.78, 5) is 43.9. The lowest BCUT2D eigenvalue weighted by molar-refractivity contribution is -0.131. The topological polar surface area (TPSA) is 91.4 Å². The number of ether oxygens (including phenoxy) is 2. The number of imide groups is 1. The fraction of sp³-hybridized carbons (Fsp3) is 0.667. The molecule has 9 heteroatoms. The van der Waals surface area contributed by atoms with Crippen LogP contribution in [0.4, 0.5) is 4.79 Å². The summed E-state index contributed by atoms with van der Waals surface area (Å²) in [6, 6.07) is 5.10. The van der Waals surface area contributed by atoms with Gasteiger partial charge in [-0.25, -0.2) is 4.79 Å². The molecular formula is C27H40N4O5. The van der Waals surface area contributed by atoms with Crippen LogP contribution in [0.3, 0.4) is 0 Å². The number of fused-ring (bicyclic) bond motifs is 1. The molecule has 4 amide bonds. The van der Waals surface area contributed by atoms with Crippen molar-refractivity contribution in [3.05, 3.63) is 23.8 Å². The Labute approximate surface area is 214 Å². The van der Waals surface area contributed by atoms with Gasteiger partial charge in [-0.05, 0) is 75.2 Å². The normalized spacial score (nSPS) is 24.3. The predicted molar refractivity (Wildman–Crippen MR) is 136 cm³/mol. The van der Waals surface area contributed by atoms with Gasteiger partial charge in [0.1, 0.15) is 6.04 Å². The third kappa shape index (κ3) is 5.94. The molecule has 0 spiro atoms. The highest BCUT2D eigenvalue weighted by Crippen LogP contribution is 2.31. The second kappa shape index (κ2) is 12.0. The molecule has 0 bridgehead atoms. The van der Waals surface area contributed by atoms with E-state index in [9.17, 15) is 14.4 Å². The third-order valence-corrected chi connectivity index (χ3v) is 7.99. The van der Waals surface area contributed by atoms with Crippen molar-refractivity contribution in [1.29, 1.82) is 0 Å². The Morgan fingerprint density at radius 2 is 1.86 bits per heavy atom. The van der Waals surface area contributed by atoms with Crippen LogP contribution in [0, 0.1) is 5.92 Å². The number of carbonyl (C=O) groups is 3. The van der Waals surface area contributed by atoms with Crippen LogP contribution in [-0.4, -0.2) is 92.1 Å². The number of piperidine rings is 2. The minimum absolute atomic E-state index is 0.0359. The lowest BCUT2D eigenvalue weighted by Gasteiger charge is -2.45. The Morgan fingerprint density at radius 1 is 1.08 bits per heavy atom. The summed E-state index contributed by atoms with van der Waals surface area (Å²) in [7, 11) is 5.02. The standard InChI is InChI=1S/C27H40N4O5/c1-29(18-20-7-6-15-30-14-5-4-8-22(20)30)25(32)12-10-21-26(33)31(27(34)28-21)16-13-19-9-11-23(35-2)24(17-19)36-3/h9,11,17,20-22H,4-8,10,12-16,18H2,1-3H3,(H,28,34)/t20-,21-,22-/m1/s1. The number of nitrogens with one attached hydrogen (secondary N) is 1. The molecule has 0 aromatic heterocycles. The van der Waals surface area contributed by atoms with Crippen molar-refractivity contribution in [2.75, 3.05) is 47.4 Å². The maximum atomic E-state index is 12.9. The maximum absolute atomic E-state index is 12.9. The Bertz CT molecular complexity index is 952. The van der Waals surface area contributed by atoms with Crippen molar-refractivity contribution in [2.45, 2.75) is 63.5 Å². The lowest BCUT2D eigenvalue weighted by Crippen LogP contribution is -2.51. The smallest absolute Gasteiger partial charge is 0.324 e. The first-order valence-electron chi connectivity index (χ1n) is 13.2. The van der Waals surface area contributed by atoms with Crippen molar-refractivity contribution < 1.29 is 23.9 Å². The molecule has 3 aliphatic heterocycles. The quantitative estimate of drug-likeness (QED) is 0.497. The number of rotatable bonds is 10. The molecule has 4 rings (SSSR count). The van der Waals surface area contributed by atoms with Gasteiger partial charge in [0.15, 0.2) is 11.5 Å². The Kier molecular flexibility index (Phi) is 8.72. The van der Waals surface area contributed by atoms with Crippen molar-refractivity contribution in [3.63, 3.8) is 0 Å². The molecule has 1 N–H and O–H groups in total. The van der Waals surface area contributed by atoms with Crippen molar-refractivity contribution >= 4 is 17.8 Å². The van der Waals surface area contributed by atoms with E-state index in [-0.39, 0.29) is 24.8 Å². The van der Waals surface area contributed by atoms with E-state index in [1.54, 1.807) is 14.2 Å². The van der Waals surface area contributed by atoms with Gasteiger partial charge in [0, 0.05) is 32.6 Å². The summed E-state index contributed by atoms with van der Waals surface area (Å²) in [6.45, 7) is 3.40. The van der Waals surface area contributed by atoms with E-state index < -0.39 is 12.1 Å². The van der Waals surface area contributed by atoms with E-state index in [0.29, 0.717) is 36.3 Å². The molecule has 1 aromatic rings. The molecular weight excluding hydrogens is 460 g/mol. The summed E-state index contributed by atoms with van der Waals surface area (Å²) in [5.74, 6) is 1.53. The molecule has 0 unspecified atom stereocenters. The van der Waals surface area contributed by atoms with Crippen LogP contribution in [0.15, 0.2) is 18.2 Å². The van der Waals surface area contributed by atoms with E-state index in [1.807, 2.05) is 30.1 Å². The zero-order chi connectivity index (χ0) is 25.7. The van der Waals surface area contributed by atoms with Crippen LogP contribution in [0.5, 0.6) is 11.5 Å². The van der Waals surface area contributed by atoms with Gasteiger partial charge in [0.25, 0.3) is 5.91 Å². The largest absolute Gasteiger partial charge is 0.493 e. The van der Waals surface area contributed by atoms with Gasteiger partial charge in [-0.15, -0.1) is 0 Å². The molecule has 3 heterocycles. The molecule has 1 aromatic carbocycles. The molecule has 0 aliphatic carbocycles. The van der Waals surface area contributed by atoms with Crippen LogP contribution >= 0.6 is 0 Å². The molecule has 3 fully saturated rings. The minimum Gasteiger partial charge on any atom is -0.493 e. The van der Waals surface area contributed by atoms with E-state index in [2.05, 4.69) is 10.2 Å². The average molecular weight is 501 g/mol. The first-order chi connectivity index (χ1) is 17.4. The van der Waals surface area contributed by atoms with E-state index in [0.717, 1.165) is 12.1 Å². The van der Waals surface area contributed by atoms with Crippen molar-refractivity contribution in [3.8, 4) is 11.5 Å². The summed E-state index contributed by atoms with van der Waals surface area (Å²) < 4.78 is 10.6. The number of hydrogen-bond acceptors (Lipinski definition) is 6. The number of nitrogens with zero attached hydrogens (tertiary/aromatic N) is 3. The van der Waals surface area contributed by atoms with Gasteiger partial charge in [-0.3, -0.25) is 14.5 Å². The Morgan fingerprint density at radius 3 is 2.64 bits per heavy atom. The molecule has 0 radical (unpaired) electrons. The number of amides is 4. The van der Waals surface area contributed by atoms with Crippen molar-refractivity contribution in [2.24, 2.45) is 5.92 Å². The van der Waals surface area contributed by atoms with E-state index >= 15 is 0 Å². The monoisotopic (exact) mass is 500 g/mol. The first-order valence-corrected chi connectivity index (χ1v) is 13.2. The molecule has 3 atom stereocenters. The lowest BCUT2D eigenvalue weighted by atomic mass is 9.83. The molecule has 198 valence electrons. The van der Waals surface area contributed by atoms with Crippen LogP contribution < -0.4 is 14.8 Å². The van der Waals surface area contributed by atoms with E-state index in [4.69, 9.17) is 9.47 Å². The van der Waals surface area contributed by atoms with Gasteiger partial charge in [0.05, 0.1) is 14.2 Å². The van der Waals surface area contributed by atoms with Crippen LogP contribution in [-0.2, 0) is 16.0 Å². The Hall–Kier alpha value is -2.81. The van der Waals surface area contributed by atoms with Crippen LogP contribution in [0.25, 0.3) is 0 Å². The molecule has 36 heavy (non-hydrogen) atoms. The SMILES string of the molecule is COc1ccc(CCN2C(=O)N[C@H](CCC(=O)N(C)C[C@H]3CCCN4CCCC[C@H]34)C2=O)cc1OC. The summed E-state index contributed by atoms with van der Waals surface area (Å²) in [5.41, 5.74) is 0.938. The predicted octanol–water partition coefficient (Wildman–Crippen LogP) is 2.67. The first kappa shape index (κ1) is 26.3. The number of benzene rings is 1. The van der Waals surface area contributed by atoms with Gasteiger partial charge in [0.2, 0.25) is 5.91 Å². The number of urea groups is 1. The summed E-state index contributed by atoms with van der Waals surface area (Å²) >= 11 is 0. The highest BCUT2D eigenvalue weighted by Gasteiger charge is 2.38. The number of methoxy groups -OCH3 is 2. The van der Waals surface area contributed by atoms with Crippen molar-refractivity contribution in [1.82, 2.24) is 20.0 Å². The van der Waals surface area contributed by atoms with E-state index in [1.165, 1.54) is 50.1 Å². The number of carbonyl (C=O) groups excluding carboxylic acids is 3. The molecule has 0 saturated carbocycles. The second-order valence-corrected chi connectivity index (χ2v) is 10.2. The minimum atomic E-state index is -0.649. The second-order valence-electron chi connectivity index (χ2n) is 10.2. The zero-order valence-electron chi connectivity index (χ0n) is 21.8. The van der Waals surface area contributed by atoms with Gasteiger partial charge in [-0.2, -0.15) is 0 Å². The average Bonchev–Trinajstić information content (AvgIpc) is 3.17. The Balaban J connectivity index is 1.25. The van der Waals surface area contributed by atoms with Crippen LogP contribution in [0.2, 0.25) is 0 Å². The molecule has 9 nitrogen and oxygen atoms in total. The summed E-state index contributed by atoms with van der Waals surface area (Å²) in [6.07, 6.45) is 7.24. The fourth-order valence-electron chi connectivity index (χ4n) is 5.96. The van der Waals surface area contributed by atoms with Gasteiger partial charge >= 0.3 is 6.03 Å². The zero-order valence-corrected chi connectivity index (χ0v) is 21.8. The molecule has 3 aliphatic rings. The number of hydrogen-bond donors (Lipinski definition) is 1. The van der Waals surface area contributed by atoms with Gasteiger partial charge in [-0.1, -0.05) is 12.5 Å². The fourth-order valence-corrected chi connectivity index (χ4v) is 5.96. The van der Waals surface area contributed by atoms with Crippen LogP contribution in [0.1, 0.15) is 50.5 Å². The third-order valence-electron chi connectivity index (χ3n) is 7.99. The summed E-state index contributed by atoms with van der Waals surface area (Å²) in [5, 5.41) is 2.76. The highest BCUT2D eigenvalue weighted by molar-refractivity contribution is 6.04. The molecule has 3 saturated heterocycles. The maximum Gasteiger partial charge on any atom is 0.324 e.